The van der Waals surface area contributed by atoms with Gasteiger partial charge in [0.2, 0.25) is 0 Å². The Balaban J connectivity index is 2.28. The second kappa shape index (κ2) is 6.33. The van der Waals surface area contributed by atoms with Gasteiger partial charge in [-0.05, 0) is 43.7 Å². The van der Waals surface area contributed by atoms with Crippen molar-refractivity contribution in [2.75, 3.05) is 7.05 Å². The van der Waals surface area contributed by atoms with Crippen molar-refractivity contribution in [3.63, 3.8) is 0 Å². The lowest BCUT2D eigenvalue weighted by atomic mass is 10.0. The molecule has 106 valence electrons. The molecule has 0 saturated heterocycles. The highest BCUT2D eigenvalue weighted by atomic mass is 35.5. The van der Waals surface area contributed by atoms with Crippen molar-refractivity contribution >= 4 is 11.6 Å². The Labute approximate surface area is 122 Å². The smallest absolute Gasteiger partial charge is 0.160 e. The summed E-state index contributed by atoms with van der Waals surface area (Å²) >= 11 is 5.97. The first-order valence-corrected chi connectivity index (χ1v) is 6.80. The van der Waals surface area contributed by atoms with E-state index in [1.807, 2.05) is 31.3 Å². The third-order valence-corrected chi connectivity index (χ3v) is 3.62. The van der Waals surface area contributed by atoms with E-state index in [0.29, 0.717) is 11.6 Å². The van der Waals surface area contributed by atoms with Crippen molar-refractivity contribution in [1.29, 1.82) is 0 Å². The van der Waals surface area contributed by atoms with Gasteiger partial charge in [0.05, 0.1) is 5.02 Å². The summed E-state index contributed by atoms with van der Waals surface area (Å²) < 4.78 is 26.4. The molecule has 0 aliphatic carbocycles. The maximum absolute atomic E-state index is 13.3. The Morgan fingerprint density at radius 3 is 2.30 bits per heavy atom. The van der Waals surface area contributed by atoms with Crippen LogP contribution in [0.15, 0.2) is 36.4 Å². The van der Waals surface area contributed by atoms with Gasteiger partial charge in [-0.2, -0.15) is 0 Å². The van der Waals surface area contributed by atoms with Crippen molar-refractivity contribution in [3.8, 4) is 11.1 Å². The second-order valence-electron chi connectivity index (χ2n) is 4.84. The maximum Gasteiger partial charge on any atom is 0.160 e. The van der Waals surface area contributed by atoms with Gasteiger partial charge in [0.15, 0.2) is 11.6 Å². The molecular formula is C16H16ClF2N. The van der Waals surface area contributed by atoms with Crippen LogP contribution in [0.5, 0.6) is 0 Å². The lowest BCUT2D eigenvalue weighted by Gasteiger charge is -2.11. The largest absolute Gasteiger partial charge is 0.317 e. The highest BCUT2D eigenvalue weighted by Crippen LogP contribution is 2.30. The topological polar surface area (TPSA) is 12.0 Å². The van der Waals surface area contributed by atoms with Gasteiger partial charge < -0.3 is 5.32 Å². The normalized spacial score (nSPS) is 12.4. The van der Waals surface area contributed by atoms with E-state index in [-0.39, 0.29) is 5.02 Å². The minimum Gasteiger partial charge on any atom is -0.317 e. The Kier molecular flexibility index (Phi) is 4.73. The second-order valence-corrected chi connectivity index (χ2v) is 5.24. The SMILES string of the molecule is CNC(C)Cc1ccc(-c2cc(F)c(F)cc2Cl)cc1. The molecule has 1 nitrogen and oxygen atoms in total. The van der Waals surface area contributed by atoms with Gasteiger partial charge in [0, 0.05) is 11.6 Å². The Morgan fingerprint density at radius 2 is 1.70 bits per heavy atom. The fraction of sp³-hybridized carbons (Fsp3) is 0.250. The lowest BCUT2D eigenvalue weighted by Crippen LogP contribution is -2.23. The van der Waals surface area contributed by atoms with Crippen LogP contribution in [0.2, 0.25) is 5.02 Å². The van der Waals surface area contributed by atoms with E-state index in [1.165, 1.54) is 5.56 Å². The van der Waals surface area contributed by atoms with Crippen LogP contribution in [0.25, 0.3) is 11.1 Å². The zero-order chi connectivity index (χ0) is 14.7. The molecule has 0 fully saturated rings. The van der Waals surface area contributed by atoms with E-state index < -0.39 is 11.6 Å². The number of halogens is 3. The van der Waals surface area contributed by atoms with E-state index >= 15 is 0 Å². The first-order chi connectivity index (χ1) is 9.51. The molecule has 20 heavy (non-hydrogen) atoms. The predicted octanol–water partition coefficient (Wildman–Crippen LogP) is 4.44. The van der Waals surface area contributed by atoms with Gasteiger partial charge in [0.25, 0.3) is 0 Å². The van der Waals surface area contributed by atoms with Crippen LogP contribution in [-0.2, 0) is 6.42 Å². The van der Waals surface area contributed by atoms with E-state index in [1.54, 1.807) is 0 Å². The average Bonchev–Trinajstić information content (AvgIpc) is 2.44. The lowest BCUT2D eigenvalue weighted by molar-refractivity contribution is 0.509. The van der Waals surface area contributed by atoms with Crippen LogP contribution < -0.4 is 5.32 Å². The first kappa shape index (κ1) is 14.9. The minimum atomic E-state index is -0.932. The van der Waals surface area contributed by atoms with E-state index in [9.17, 15) is 8.78 Å². The molecular weight excluding hydrogens is 280 g/mol. The molecule has 0 aliphatic rings. The summed E-state index contributed by atoms with van der Waals surface area (Å²) in [6, 6.07) is 10.2. The molecule has 2 rings (SSSR count). The molecule has 0 amide bonds. The standard InChI is InChI=1S/C16H16ClF2N/c1-10(20-2)7-11-3-5-12(6-4-11)13-8-15(18)16(19)9-14(13)17/h3-6,8-10,20H,7H2,1-2H3. The summed E-state index contributed by atoms with van der Waals surface area (Å²) in [5.74, 6) is -1.82. The van der Waals surface area contributed by atoms with Gasteiger partial charge in [0.1, 0.15) is 0 Å². The minimum absolute atomic E-state index is 0.209. The molecule has 0 radical (unpaired) electrons. The number of hydrogen-bond acceptors (Lipinski definition) is 1. The third kappa shape index (κ3) is 3.35. The highest BCUT2D eigenvalue weighted by molar-refractivity contribution is 6.33. The zero-order valence-electron chi connectivity index (χ0n) is 11.4. The Morgan fingerprint density at radius 1 is 1.10 bits per heavy atom. The number of rotatable bonds is 4. The van der Waals surface area contributed by atoms with E-state index in [4.69, 9.17) is 11.6 Å². The predicted molar refractivity (Wildman–Crippen MR) is 79.0 cm³/mol. The number of likely N-dealkylation sites (N-methyl/N-ethyl adjacent to an activating group) is 1. The summed E-state index contributed by atoms with van der Waals surface area (Å²) in [6.07, 6.45) is 0.905. The molecule has 4 heteroatoms. The molecule has 2 aromatic rings. The van der Waals surface area contributed by atoms with E-state index in [0.717, 1.165) is 24.1 Å². The van der Waals surface area contributed by atoms with Gasteiger partial charge in [-0.1, -0.05) is 35.9 Å². The van der Waals surface area contributed by atoms with Crippen LogP contribution in [0.3, 0.4) is 0 Å². The monoisotopic (exact) mass is 295 g/mol. The fourth-order valence-electron chi connectivity index (χ4n) is 2.02. The summed E-state index contributed by atoms with van der Waals surface area (Å²) in [5, 5.41) is 3.38. The summed E-state index contributed by atoms with van der Waals surface area (Å²) in [5.41, 5.74) is 2.45. The van der Waals surface area contributed by atoms with Crippen LogP contribution in [0.4, 0.5) is 8.78 Å². The number of benzene rings is 2. The Bertz CT molecular complexity index is 596. The molecule has 1 N–H and O–H groups in total. The number of nitrogens with one attached hydrogen (secondary N) is 1. The molecule has 0 spiro atoms. The first-order valence-electron chi connectivity index (χ1n) is 6.42. The summed E-state index contributed by atoms with van der Waals surface area (Å²) in [4.78, 5) is 0. The summed E-state index contributed by atoms with van der Waals surface area (Å²) in [6.45, 7) is 2.10. The molecule has 0 aliphatic heterocycles. The molecule has 1 unspecified atom stereocenters. The van der Waals surface area contributed by atoms with Gasteiger partial charge in [-0.3, -0.25) is 0 Å². The third-order valence-electron chi connectivity index (χ3n) is 3.31. The van der Waals surface area contributed by atoms with Gasteiger partial charge in [-0.15, -0.1) is 0 Å². The number of hydrogen-bond donors (Lipinski definition) is 1. The Hall–Kier alpha value is -1.45. The molecule has 0 heterocycles. The molecule has 0 saturated carbocycles. The van der Waals surface area contributed by atoms with Crippen LogP contribution in [-0.4, -0.2) is 13.1 Å². The highest BCUT2D eigenvalue weighted by Gasteiger charge is 2.10. The van der Waals surface area contributed by atoms with Gasteiger partial charge >= 0.3 is 0 Å². The molecule has 0 bridgehead atoms. The van der Waals surface area contributed by atoms with Crippen molar-refractivity contribution in [2.45, 2.75) is 19.4 Å². The van der Waals surface area contributed by atoms with Crippen molar-refractivity contribution < 1.29 is 8.78 Å². The quantitative estimate of drug-likeness (QED) is 0.823. The van der Waals surface area contributed by atoms with Crippen molar-refractivity contribution in [2.24, 2.45) is 0 Å². The van der Waals surface area contributed by atoms with Crippen LogP contribution in [0.1, 0.15) is 12.5 Å². The van der Waals surface area contributed by atoms with Crippen LogP contribution in [0, 0.1) is 11.6 Å². The summed E-state index contributed by atoms with van der Waals surface area (Å²) in [7, 11) is 1.92. The zero-order valence-corrected chi connectivity index (χ0v) is 12.1. The molecule has 0 aromatic heterocycles. The van der Waals surface area contributed by atoms with Gasteiger partial charge in [-0.25, -0.2) is 8.78 Å². The average molecular weight is 296 g/mol. The maximum atomic E-state index is 13.3. The fourth-order valence-corrected chi connectivity index (χ4v) is 2.28. The molecule has 1 atom stereocenters. The molecule has 2 aromatic carbocycles. The van der Waals surface area contributed by atoms with E-state index in [2.05, 4.69) is 12.2 Å². The van der Waals surface area contributed by atoms with Crippen molar-refractivity contribution in [3.05, 3.63) is 58.6 Å². The van der Waals surface area contributed by atoms with Crippen LogP contribution >= 0.6 is 11.6 Å². The van der Waals surface area contributed by atoms with Crippen molar-refractivity contribution in [1.82, 2.24) is 5.32 Å².